The van der Waals surface area contributed by atoms with Gasteiger partial charge in [-0.2, -0.15) is 0 Å². The van der Waals surface area contributed by atoms with E-state index in [1.807, 2.05) is 39.0 Å². The Labute approximate surface area is 105 Å². The monoisotopic (exact) mass is 234 g/mol. The minimum Gasteiger partial charge on any atom is -0.142 e. The fourth-order valence-corrected chi connectivity index (χ4v) is 1.96. The summed E-state index contributed by atoms with van der Waals surface area (Å²) in [4.78, 5) is 0. The Morgan fingerprint density at radius 3 is 2.24 bits per heavy atom. The summed E-state index contributed by atoms with van der Waals surface area (Å²) < 4.78 is 0. The lowest BCUT2D eigenvalue weighted by molar-refractivity contribution is -0.243. The van der Waals surface area contributed by atoms with E-state index in [9.17, 15) is 5.21 Å². The topological polar surface area (TPSA) is 23.1 Å². The molecule has 0 aromatic heterocycles. The van der Waals surface area contributed by atoms with Crippen LogP contribution in [0, 0.1) is 0 Å². The molecule has 0 aliphatic rings. The van der Waals surface area contributed by atoms with Gasteiger partial charge in [-0.25, -0.2) is 0 Å². The van der Waals surface area contributed by atoms with E-state index in [2.05, 4.69) is 19.1 Å². The summed E-state index contributed by atoms with van der Waals surface area (Å²) in [5, 5.41) is 13.6. The predicted octanol–water partition coefficient (Wildman–Crippen LogP) is 4.36. The molecule has 0 saturated heterocycles. The molecule has 2 nitrogen and oxygen atoms in total. The summed E-state index contributed by atoms with van der Waals surface area (Å²) in [6.07, 6.45) is 3.15. The molecule has 2 heteroatoms. The van der Waals surface area contributed by atoms with E-state index in [-0.39, 0.29) is 11.6 Å². The molecule has 1 aromatic carbocycles. The van der Waals surface area contributed by atoms with Crippen LogP contribution in [0.3, 0.4) is 0 Å². The Hall–Kier alpha value is -0.860. The highest BCUT2D eigenvalue weighted by Crippen LogP contribution is 2.30. The predicted molar refractivity (Wildman–Crippen MR) is 71.0 cm³/mol. The first-order chi connectivity index (χ1) is 7.96. The minimum absolute atomic E-state index is 0.0175. The average Bonchev–Trinajstić information content (AvgIpc) is 2.29. The van der Waals surface area contributed by atoms with Gasteiger partial charge in [0.25, 0.3) is 0 Å². The van der Waals surface area contributed by atoms with E-state index in [0.29, 0.717) is 0 Å². The quantitative estimate of drug-likeness (QED) is 0.694. The van der Waals surface area contributed by atoms with Crippen molar-refractivity contribution in [3.05, 3.63) is 35.9 Å². The zero-order valence-corrected chi connectivity index (χ0v) is 11.4. The molecule has 1 radical (unpaired) electrons. The lowest BCUT2D eigenvalue weighted by Gasteiger charge is -2.34. The van der Waals surface area contributed by atoms with Gasteiger partial charge in [0, 0.05) is 5.54 Å². The van der Waals surface area contributed by atoms with Gasteiger partial charge in [-0.05, 0) is 32.8 Å². The van der Waals surface area contributed by atoms with Crippen molar-refractivity contribution >= 4 is 0 Å². The van der Waals surface area contributed by atoms with Crippen molar-refractivity contribution in [2.75, 3.05) is 0 Å². The molecule has 0 heterocycles. The second-order valence-electron chi connectivity index (χ2n) is 5.57. The summed E-state index contributed by atoms with van der Waals surface area (Å²) in [6.45, 7) is 8.08. The summed E-state index contributed by atoms with van der Waals surface area (Å²) in [5.74, 6) is 0. The Kier molecular flexibility index (Phi) is 5.16. The van der Waals surface area contributed by atoms with Crippen LogP contribution in [0.1, 0.15) is 58.6 Å². The Bertz CT molecular complexity index is 315. The zero-order valence-electron chi connectivity index (χ0n) is 11.4. The van der Waals surface area contributed by atoms with Gasteiger partial charge < -0.3 is 0 Å². The normalized spacial score (nSPS) is 14.0. The SMILES string of the molecule is CCCCC(c1ccccc1)N([O])C(C)(C)C. The lowest BCUT2D eigenvalue weighted by Crippen LogP contribution is -2.40. The van der Waals surface area contributed by atoms with Crippen molar-refractivity contribution in [1.82, 2.24) is 5.06 Å². The van der Waals surface area contributed by atoms with Crippen LogP contribution in [0.15, 0.2) is 30.3 Å². The van der Waals surface area contributed by atoms with Crippen molar-refractivity contribution in [3.8, 4) is 0 Å². The van der Waals surface area contributed by atoms with Gasteiger partial charge in [-0.1, -0.05) is 50.1 Å². The van der Waals surface area contributed by atoms with Gasteiger partial charge in [-0.15, -0.1) is 10.3 Å². The fraction of sp³-hybridized carbons (Fsp3) is 0.600. The largest absolute Gasteiger partial charge is 0.142 e. The third-order valence-corrected chi connectivity index (χ3v) is 2.96. The highest BCUT2D eigenvalue weighted by Gasteiger charge is 2.29. The fourth-order valence-electron chi connectivity index (χ4n) is 1.96. The molecule has 0 aliphatic carbocycles. The van der Waals surface area contributed by atoms with Crippen molar-refractivity contribution in [2.24, 2.45) is 0 Å². The second kappa shape index (κ2) is 6.18. The molecule has 17 heavy (non-hydrogen) atoms. The molecule has 1 aromatic rings. The number of hydrogen-bond acceptors (Lipinski definition) is 1. The molecule has 0 aliphatic heterocycles. The third-order valence-electron chi connectivity index (χ3n) is 2.96. The van der Waals surface area contributed by atoms with E-state index < -0.39 is 0 Å². The second-order valence-corrected chi connectivity index (χ2v) is 5.57. The summed E-state index contributed by atoms with van der Waals surface area (Å²) in [6, 6.07) is 10.1. The first kappa shape index (κ1) is 14.2. The first-order valence-electron chi connectivity index (χ1n) is 6.48. The van der Waals surface area contributed by atoms with E-state index in [1.165, 1.54) is 5.06 Å². The number of hydroxylamine groups is 2. The molecule has 1 unspecified atom stereocenters. The van der Waals surface area contributed by atoms with Gasteiger partial charge in [0.2, 0.25) is 0 Å². The highest BCUT2D eigenvalue weighted by molar-refractivity contribution is 5.19. The molecular formula is C15H24NO. The highest BCUT2D eigenvalue weighted by atomic mass is 16.5. The molecule has 1 rings (SSSR count). The number of hydrogen-bond donors (Lipinski definition) is 0. The molecule has 0 amide bonds. The van der Waals surface area contributed by atoms with Crippen molar-refractivity contribution in [1.29, 1.82) is 0 Å². The van der Waals surface area contributed by atoms with Crippen LogP contribution in [0.25, 0.3) is 0 Å². The van der Waals surface area contributed by atoms with Crippen molar-refractivity contribution in [3.63, 3.8) is 0 Å². The summed E-state index contributed by atoms with van der Waals surface area (Å²) >= 11 is 0. The van der Waals surface area contributed by atoms with Crippen molar-refractivity contribution in [2.45, 2.75) is 58.5 Å². The molecular weight excluding hydrogens is 210 g/mol. The van der Waals surface area contributed by atoms with E-state index in [0.717, 1.165) is 24.8 Å². The zero-order chi connectivity index (χ0) is 12.9. The Morgan fingerprint density at radius 2 is 1.76 bits per heavy atom. The van der Waals surface area contributed by atoms with Gasteiger partial charge in [0.1, 0.15) is 0 Å². The Morgan fingerprint density at radius 1 is 1.18 bits per heavy atom. The Balaban J connectivity index is 2.88. The maximum Gasteiger partial charge on any atom is 0.0638 e. The molecule has 95 valence electrons. The number of nitrogens with zero attached hydrogens (tertiary/aromatic N) is 1. The third kappa shape index (κ3) is 4.14. The van der Waals surface area contributed by atoms with Crippen LogP contribution in [-0.2, 0) is 5.21 Å². The number of unbranched alkanes of at least 4 members (excludes halogenated alkanes) is 1. The summed E-state index contributed by atoms with van der Waals surface area (Å²) in [7, 11) is 0. The average molecular weight is 234 g/mol. The van der Waals surface area contributed by atoms with Gasteiger partial charge in [0.05, 0.1) is 6.04 Å². The number of benzene rings is 1. The first-order valence-corrected chi connectivity index (χ1v) is 6.48. The van der Waals surface area contributed by atoms with Crippen LogP contribution >= 0.6 is 0 Å². The number of rotatable bonds is 5. The molecule has 1 atom stereocenters. The minimum atomic E-state index is -0.339. The van der Waals surface area contributed by atoms with Gasteiger partial charge in [-0.3, -0.25) is 0 Å². The van der Waals surface area contributed by atoms with E-state index in [1.54, 1.807) is 0 Å². The molecule has 0 spiro atoms. The smallest absolute Gasteiger partial charge is 0.0638 e. The van der Waals surface area contributed by atoms with E-state index >= 15 is 0 Å². The summed E-state index contributed by atoms with van der Waals surface area (Å²) in [5.41, 5.74) is 0.791. The van der Waals surface area contributed by atoms with Crippen LogP contribution in [-0.4, -0.2) is 10.6 Å². The van der Waals surface area contributed by atoms with Gasteiger partial charge >= 0.3 is 0 Å². The van der Waals surface area contributed by atoms with Crippen LogP contribution in [0.4, 0.5) is 0 Å². The lowest BCUT2D eigenvalue weighted by atomic mass is 9.97. The molecule has 0 N–H and O–H groups in total. The van der Waals surface area contributed by atoms with Crippen LogP contribution in [0.2, 0.25) is 0 Å². The van der Waals surface area contributed by atoms with Crippen molar-refractivity contribution < 1.29 is 5.21 Å². The standard InChI is InChI=1S/C15H24NO/c1-5-6-12-14(16(17)15(2,3)4)13-10-8-7-9-11-13/h7-11,14H,5-6,12H2,1-4H3. The molecule has 0 saturated carbocycles. The molecule has 0 bridgehead atoms. The maximum absolute atomic E-state index is 12.4. The van der Waals surface area contributed by atoms with Gasteiger partial charge in [0.15, 0.2) is 0 Å². The maximum atomic E-state index is 12.4. The molecule has 0 fully saturated rings. The van der Waals surface area contributed by atoms with Crippen LogP contribution < -0.4 is 0 Å². The van der Waals surface area contributed by atoms with E-state index in [4.69, 9.17) is 0 Å². The van der Waals surface area contributed by atoms with Crippen LogP contribution in [0.5, 0.6) is 0 Å².